The van der Waals surface area contributed by atoms with Crippen molar-refractivity contribution in [3.63, 3.8) is 0 Å². The van der Waals surface area contributed by atoms with Crippen molar-refractivity contribution in [2.45, 2.75) is 12.4 Å². The van der Waals surface area contributed by atoms with Crippen molar-refractivity contribution in [3.05, 3.63) is 98.1 Å². The molecule has 0 spiro atoms. The maximum Gasteiger partial charge on any atom is 4.00 e. The molecule has 0 amide bonds. The molecule has 0 saturated carbocycles. The summed E-state index contributed by atoms with van der Waals surface area (Å²) < 4.78 is 122. The zero-order valence-electron chi connectivity index (χ0n) is 19.9. The van der Waals surface area contributed by atoms with Crippen LogP contribution in [0.1, 0.15) is 0 Å². The molecule has 4 rings (SSSR count). The molecule has 0 saturated heterocycles. The van der Waals surface area contributed by atoms with Gasteiger partial charge in [0.25, 0.3) is 0 Å². The predicted octanol–water partition coefficient (Wildman–Crippen LogP) is 6.10. The fraction of sp³-hybridized carbons (Fsp3) is 0.167. The van der Waals surface area contributed by atoms with Gasteiger partial charge >= 0.3 is 38.6 Å². The van der Waals surface area contributed by atoms with Crippen LogP contribution in [0, 0.1) is 0 Å². The normalized spacial score (nSPS) is 11.2. The Kier molecular flexibility index (Phi) is 17.3. The SMILES string of the molecule is C=C.O=S(=O)([O-])CC(F)(F)F.O=S(=O)([O-])CC(F)(F)F.[Zr+4].c1ccc2[cH-]ccc2c1.c1ccc2[cH-]ccc2c1. The van der Waals surface area contributed by atoms with Gasteiger partial charge in [0.1, 0.15) is 31.7 Å². The molecule has 6 nitrogen and oxygen atoms in total. The van der Waals surface area contributed by atoms with Crippen molar-refractivity contribution in [2.24, 2.45) is 0 Å². The number of fused-ring (bicyclic) bond motifs is 2. The molecule has 39 heavy (non-hydrogen) atoms. The topological polar surface area (TPSA) is 114 Å². The van der Waals surface area contributed by atoms with Crippen LogP contribution in [0.25, 0.3) is 21.5 Å². The second kappa shape index (κ2) is 17.4. The van der Waals surface area contributed by atoms with Gasteiger partial charge in [-0.25, -0.2) is 16.8 Å². The molecule has 0 aliphatic heterocycles. The van der Waals surface area contributed by atoms with Crippen LogP contribution in [-0.4, -0.2) is 49.8 Å². The summed E-state index contributed by atoms with van der Waals surface area (Å²) in [5.41, 5.74) is 0. The summed E-state index contributed by atoms with van der Waals surface area (Å²) >= 11 is 0. The minimum absolute atomic E-state index is 0. The van der Waals surface area contributed by atoms with Crippen LogP contribution in [0.4, 0.5) is 26.3 Å². The first-order valence-corrected chi connectivity index (χ1v) is 13.2. The van der Waals surface area contributed by atoms with Gasteiger partial charge in [-0.3, -0.25) is 0 Å². The Balaban J connectivity index is 0. The fourth-order valence-corrected chi connectivity index (χ4v) is 3.34. The second-order valence-electron chi connectivity index (χ2n) is 6.94. The minimum Gasteiger partial charge on any atom is -0.748 e. The first-order chi connectivity index (χ1) is 17.3. The molecule has 0 aliphatic carbocycles. The van der Waals surface area contributed by atoms with Gasteiger partial charge in [0, 0.05) is 0 Å². The third-order valence-corrected chi connectivity index (χ3v) is 5.14. The van der Waals surface area contributed by atoms with Crippen LogP contribution < -0.4 is 0 Å². The average Bonchev–Trinajstić information content (AvgIpc) is 3.41. The molecule has 4 aromatic carbocycles. The van der Waals surface area contributed by atoms with E-state index in [1.54, 1.807) is 0 Å². The van der Waals surface area contributed by atoms with E-state index < -0.39 is 44.1 Å². The zero-order chi connectivity index (χ0) is 29.6. The Morgan fingerprint density at radius 2 is 0.897 bits per heavy atom. The van der Waals surface area contributed by atoms with Gasteiger partial charge in [0.15, 0.2) is 0 Å². The van der Waals surface area contributed by atoms with Crippen LogP contribution in [0.3, 0.4) is 0 Å². The third-order valence-electron chi connectivity index (χ3n) is 3.78. The van der Waals surface area contributed by atoms with Crippen molar-refractivity contribution < 1.29 is 78.5 Å². The van der Waals surface area contributed by atoms with Gasteiger partial charge < -0.3 is 9.11 Å². The molecule has 0 unspecified atom stereocenters. The molecule has 0 bridgehead atoms. The summed E-state index contributed by atoms with van der Waals surface area (Å²) in [4.78, 5) is 0. The fourth-order valence-electron chi connectivity index (χ4n) is 2.54. The van der Waals surface area contributed by atoms with E-state index in [0.29, 0.717) is 0 Å². The van der Waals surface area contributed by atoms with Gasteiger partial charge in [-0.15, -0.1) is 72.5 Å². The van der Waals surface area contributed by atoms with E-state index in [-0.39, 0.29) is 26.2 Å². The molecule has 0 aromatic heterocycles. The van der Waals surface area contributed by atoms with Gasteiger partial charge in [-0.1, -0.05) is 12.1 Å². The molecule has 0 heterocycles. The molecule has 0 atom stereocenters. The van der Waals surface area contributed by atoms with E-state index in [1.165, 1.54) is 21.5 Å². The molecule has 0 radical (unpaired) electrons. The Morgan fingerprint density at radius 3 is 1.10 bits per heavy atom. The van der Waals surface area contributed by atoms with Crippen molar-refractivity contribution in [1.29, 1.82) is 0 Å². The maximum absolute atomic E-state index is 11.0. The Labute approximate surface area is 241 Å². The van der Waals surface area contributed by atoms with E-state index in [1.807, 2.05) is 0 Å². The third kappa shape index (κ3) is 21.2. The second-order valence-corrected chi connectivity index (χ2v) is 9.75. The summed E-state index contributed by atoms with van der Waals surface area (Å²) in [5, 5.41) is 5.32. The maximum atomic E-state index is 11.0. The Bertz CT molecular complexity index is 1270. The molecule has 0 fully saturated rings. The van der Waals surface area contributed by atoms with Crippen molar-refractivity contribution >= 4 is 41.8 Å². The molecule has 212 valence electrons. The first kappa shape index (κ1) is 38.8. The first-order valence-electron chi connectivity index (χ1n) is 10.1. The van der Waals surface area contributed by atoms with Crippen molar-refractivity contribution in [1.82, 2.24) is 0 Å². The van der Waals surface area contributed by atoms with E-state index in [9.17, 15) is 52.3 Å². The molecule has 4 aromatic rings. The minimum atomic E-state index is -5.16. The number of halogens is 6. The van der Waals surface area contributed by atoms with Gasteiger partial charge in [-0.05, 0) is 0 Å². The largest absolute Gasteiger partial charge is 4.00 e. The average molecular weight is 676 g/mol. The molecule has 0 aliphatic rings. The van der Waals surface area contributed by atoms with Crippen LogP contribution >= 0.6 is 0 Å². The van der Waals surface area contributed by atoms with E-state index in [2.05, 4.69) is 98.1 Å². The standard InChI is InChI=1S/2C9H7.2C2H3F3O3S.C2H4.Zr/c2*1-2-5-9-7-3-6-8(9)4-1;2*3-2(4,5)1-9(6,7)8;1-2;/h2*1-7H;2*1H2,(H,6,7,8);1-2H2;/q2*-1;;;;+4/p-2. The van der Waals surface area contributed by atoms with Crippen molar-refractivity contribution in [2.75, 3.05) is 11.5 Å². The summed E-state index contributed by atoms with van der Waals surface area (Å²) in [6.07, 6.45) is -9.83. The van der Waals surface area contributed by atoms with E-state index in [0.717, 1.165) is 0 Å². The number of alkyl halides is 6. The molecule has 0 N–H and O–H groups in total. The monoisotopic (exact) mass is 674 g/mol. The van der Waals surface area contributed by atoms with E-state index >= 15 is 0 Å². The number of hydrogen-bond donors (Lipinski definition) is 0. The number of hydrogen-bond acceptors (Lipinski definition) is 6. The van der Waals surface area contributed by atoms with Gasteiger partial charge in [-0.2, -0.15) is 61.4 Å². The zero-order valence-corrected chi connectivity index (χ0v) is 24.0. The molecule has 15 heteroatoms. The van der Waals surface area contributed by atoms with Gasteiger partial charge in [0.2, 0.25) is 0 Å². The summed E-state index contributed by atoms with van der Waals surface area (Å²) in [6, 6.07) is 29.3. The molecular formula is C24H22F6O6S2Zr. The van der Waals surface area contributed by atoms with Crippen LogP contribution in [0.15, 0.2) is 98.1 Å². The quantitative estimate of drug-likeness (QED) is 0.110. The van der Waals surface area contributed by atoms with Crippen LogP contribution in [0.2, 0.25) is 0 Å². The van der Waals surface area contributed by atoms with Crippen LogP contribution in [0.5, 0.6) is 0 Å². The number of benzene rings is 2. The smallest absolute Gasteiger partial charge is 0.748 e. The Hall–Kier alpha value is -2.32. The van der Waals surface area contributed by atoms with E-state index in [4.69, 9.17) is 0 Å². The molecular weight excluding hydrogens is 654 g/mol. The number of rotatable bonds is 2. The Morgan fingerprint density at radius 1 is 0.615 bits per heavy atom. The summed E-state index contributed by atoms with van der Waals surface area (Å²) in [6.45, 7) is 6.00. The van der Waals surface area contributed by atoms with Gasteiger partial charge in [0.05, 0.1) is 0 Å². The van der Waals surface area contributed by atoms with Crippen molar-refractivity contribution in [3.8, 4) is 0 Å². The summed E-state index contributed by atoms with van der Waals surface area (Å²) in [7, 11) is -10.3. The summed E-state index contributed by atoms with van der Waals surface area (Å²) in [5.74, 6) is -4.58. The van der Waals surface area contributed by atoms with Crippen LogP contribution in [-0.2, 0) is 46.4 Å². The predicted molar refractivity (Wildman–Crippen MR) is 132 cm³/mol.